The van der Waals surface area contributed by atoms with Crippen LogP contribution in [0.2, 0.25) is 5.02 Å². The summed E-state index contributed by atoms with van der Waals surface area (Å²) < 4.78 is 6.08. The highest BCUT2D eigenvalue weighted by atomic mass is 35.5. The lowest BCUT2D eigenvalue weighted by atomic mass is 9.93. The lowest BCUT2D eigenvalue weighted by molar-refractivity contribution is -0.129. The smallest absolute Gasteiger partial charge is 0.272 e. The molecule has 2 atom stereocenters. The molecule has 298 valence electrons. The van der Waals surface area contributed by atoms with Gasteiger partial charge in [0.15, 0.2) is 11.5 Å². The first-order valence-corrected chi connectivity index (χ1v) is 20.2. The molecular weight excluding hydrogens is 750 g/mol. The number of hydrogen-bond acceptors (Lipinski definition) is 12. The van der Waals surface area contributed by atoms with E-state index >= 15 is 0 Å². The Hall–Kier alpha value is -5.30. The van der Waals surface area contributed by atoms with Gasteiger partial charge in [0, 0.05) is 70.0 Å². The second-order valence-electron chi connectivity index (χ2n) is 15.6. The number of anilines is 2. The lowest BCUT2D eigenvalue weighted by Gasteiger charge is -2.39. The van der Waals surface area contributed by atoms with Gasteiger partial charge >= 0.3 is 0 Å². The van der Waals surface area contributed by atoms with Gasteiger partial charge in [-0.15, -0.1) is 10.2 Å². The summed E-state index contributed by atoms with van der Waals surface area (Å²) in [5.74, 6) is 0.587. The predicted molar refractivity (Wildman–Crippen MR) is 210 cm³/mol. The zero-order valence-corrected chi connectivity index (χ0v) is 32.4. The molecule has 0 radical (unpaired) electrons. The van der Waals surface area contributed by atoms with Crippen LogP contribution in [0.15, 0.2) is 48.5 Å². The van der Waals surface area contributed by atoms with Crippen molar-refractivity contribution in [2.75, 3.05) is 55.6 Å². The number of aromatic nitrogens is 2. The third kappa shape index (κ3) is 8.39. The molecule has 1 aromatic heterocycles. The summed E-state index contributed by atoms with van der Waals surface area (Å²) in [5.41, 5.74) is 2.28. The quantitative estimate of drug-likeness (QED) is 0.269. The molecule has 16 heteroatoms. The molecule has 3 N–H and O–H groups in total. The number of ether oxygens (including phenoxy) is 1. The average molecular weight is 796 g/mol. The standard InChI is InChI=1S/C41H46ClN9O6/c42-33-22-30(5-1-26(33)23-43)57-29-6-2-27(3-7-29)44-38(53)34-9-11-36(47-46-34)50-15-13-25(14-16-50)24-48-17-19-49(20-18-48)28-4-8-31-32(21-28)41(56)51(40(31)55)35-10-12-37(52)45-39(35)54/h1,4-5,8-9,11,21-22,25,27,29,35,39,54H,2-3,6-7,10,12-20,24H2,(H,44,53)(H,45,52)/t27-,29-,35?,39?. The van der Waals surface area contributed by atoms with Crippen molar-refractivity contribution in [3.05, 3.63) is 75.9 Å². The van der Waals surface area contributed by atoms with E-state index < -0.39 is 24.1 Å². The lowest BCUT2D eigenvalue weighted by Crippen LogP contribution is -2.57. The molecule has 1 aliphatic carbocycles. The molecule has 0 bridgehead atoms. The number of amides is 4. The summed E-state index contributed by atoms with van der Waals surface area (Å²) in [6, 6.07) is 15.4. The summed E-state index contributed by atoms with van der Waals surface area (Å²) >= 11 is 6.14. The monoisotopic (exact) mass is 795 g/mol. The molecule has 0 spiro atoms. The van der Waals surface area contributed by atoms with Crippen molar-refractivity contribution < 1.29 is 29.0 Å². The van der Waals surface area contributed by atoms with E-state index in [-0.39, 0.29) is 36.8 Å². The van der Waals surface area contributed by atoms with E-state index in [1.165, 1.54) is 0 Å². The van der Waals surface area contributed by atoms with Crippen LogP contribution in [-0.2, 0) is 4.79 Å². The van der Waals surface area contributed by atoms with Crippen molar-refractivity contribution in [3.8, 4) is 11.8 Å². The van der Waals surface area contributed by atoms with Gasteiger partial charge in [-0.2, -0.15) is 5.26 Å². The summed E-state index contributed by atoms with van der Waals surface area (Å²) in [5, 5.41) is 34.1. The summed E-state index contributed by atoms with van der Waals surface area (Å²) in [7, 11) is 0. The van der Waals surface area contributed by atoms with Gasteiger partial charge in [-0.05, 0) is 93.3 Å². The molecule has 2 unspecified atom stereocenters. The molecule has 5 aliphatic rings. The maximum absolute atomic E-state index is 13.3. The number of carbonyl (C=O) groups is 4. The van der Waals surface area contributed by atoms with E-state index in [9.17, 15) is 24.3 Å². The summed E-state index contributed by atoms with van der Waals surface area (Å²) in [6.07, 6.45) is 4.34. The number of benzene rings is 2. The van der Waals surface area contributed by atoms with Crippen LogP contribution in [0.25, 0.3) is 0 Å². The number of nitriles is 1. The minimum atomic E-state index is -1.28. The van der Waals surface area contributed by atoms with E-state index in [1.54, 1.807) is 36.4 Å². The van der Waals surface area contributed by atoms with Crippen LogP contribution >= 0.6 is 11.6 Å². The Bertz CT molecular complexity index is 2050. The molecule has 15 nitrogen and oxygen atoms in total. The van der Waals surface area contributed by atoms with Crippen LogP contribution < -0.4 is 25.2 Å². The number of rotatable bonds is 9. The number of carbonyl (C=O) groups excluding carboxylic acids is 4. The predicted octanol–water partition coefficient (Wildman–Crippen LogP) is 3.35. The van der Waals surface area contributed by atoms with Crippen molar-refractivity contribution in [2.24, 2.45) is 5.92 Å². The molecular formula is C41H46ClN9O6. The summed E-state index contributed by atoms with van der Waals surface area (Å²) in [4.78, 5) is 59.2. The van der Waals surface area contributed by atoms with Gasteiger partial charge in [-0.25, -0.2) is 0 Å². The first kappa shape index (κ1) is 38.6. The van der Waals surface area contributed by atoms with Gasteiger partial charge in [0.25, 0.3) is 17.7 Å². The van der Waals surface area contributed by atoms with Crippen molar-refractivity contribution in [3.63, 3.8) is 0 Å². The van der Waals surface area contributed by atoms with Gasteiger partial charge in [0.2, 0.25) is 5.91 Å². The Labute approximate surface area is 335 Å². The van der Waals surface area contributed by atoms with E-state index in [2.05, 4.69) is 41.6 Å². The normalized spacial score (nSPS) is 24.5. The van der Waals surface area contributed by atoms with Crippen molar-refractivity contribution in [2.45, 2.75) is 75.8 Å². The van der Waals surface area contributed by atoms with Gasteiger partial charge < -0.3 is 30.3 Å². The molecule has 4 aliphatic heterocycles. The van der Waals surface area contributed by atoms with Gasteiger partial charge in [0.05, 0.1) is 33.9 Å². The number of piperazine rings is 1. The highest BCUT2D eigenvalue weighted by Gasteiger charge is 2.44. The Morgan fingerprint density at radius 1 is 0.877 bits per heavy atom. The van der Waals surface area contributed by atoms with Crippen LogP contribution in [0.5, 0.6) is 5.75 Å². The fraction of sp³-hybridized carbons (Fsp3) is 0.488. The van der Waals surface area contributed by atoms with Crippen LogP contribution in [0.1, 0.15) is 88.1 Å². The maximum Gasteiger partial charge on any atom is 0.272 e. The minimum Gasteiger partial charge on any atom is -0.490 e. The number of hydrogen-bond donors (Lipinski definition) is 3. The van der Waals surface area contributed by atoms with Crippen LogP contribution in [0.3, 0.4) is 0 Å². The molecule has 4 amide bonds. The Kier molecular flexibility index (Phi) is 11.3. The molecule has 1 saturated carbocycles. The Balaban J connectivity index is 0.752. The molecule has 8 rings (SSSR count). The van der Waals surface area contributed by atoms with E-state index in [4.69, 9.17) is 21.6 Å². The zero-order valence-electron chi connectivity index (χ0n) is 31.6. The van der Waals surface area contributed by atoms with E-state index in [0.717, 1.165) is 101 Å². The van der Waals surface area contributed by atoms with Crippen LogP contribution in [0.4, 0.5) is 11.5 Å². The number of halogens is 1. The highest BCUT2D eigenvalue weighted by molar-refractivity contribution is 6.31. The second kappa shape index (κ2) is 16.7. The number of aliphatic hydroxyl groups is 1. The molecule has 2 aromatic carbocycles. The molecule has 3 saturated heterocycles. The molecule has 5 heterocycles. The van der Waals surface area contributed by atoms with E-state index in [1.807, 2.05) is 12.1 Å². The molecule has 3 aromatic rings. The largest absolute Gasteiger partial charge is 0.490 e. The Morgan fingerprint density at radius 3 is 2.32 bits per heavy atom. The number of fused-ring (bicyclic) bond motifs is 1. The van der Waals surface area contributed by atoms with Crippen molar-refractivity contribution in [1.29, 1.82) is 5.26 Å². The van der Waals surface area contributed by atoms with Gasteiger partial charge in [-0.3, -0.25) is 29.0 Å². The van der Waals surface area contributed by atoms with Crippen LogP contribution in [-0.4, -0.2) is 119 Å². The average Bonchev–Trinajstić information content (AvgIpc) is 3.47. The SMILES string of the molecule is N#Cc1ccc(O[C@H]2CC[C@H](NC(=O)c3ccc(N4CCC(CN5CCN(c6ccc7c(c6)C(=O)N(C6CCC(=O)NC6O)C7=O)CC5)CC4)nn3)CC2)cc1Cl. The maximum atomic E-state index is 13.3. The highest BCUT2D eigenvalue weighted by Crippen LogP contribution is 2.33. The fourth-order valence-corrected chi connectivity index (χ4v) is 8.95. The zero-order chi connectivity index (χ0) is 39.6. The van der Waals surface area contributed by atoms with E-state index in [0.29, 0.717) is 39.1 Å². The van der Waals surface area contributed by atoms with Crippen molar-refractivity contribution >= 4 is 46.7 Å². The third-order valence-corrected chi connectivity index (χ3v) is 12.3. The second-order valence-corrected chi connectivity index (χ2v) is 16.0. The van der Waals surface area contributed by atoms with Gasteiger partial charge in [0.1, 0.15) is 18.0 Å². The third-order valence-electron chi connectivity index (χ3n) is 12.0. The number of piperidine rings is 2. The number of nitrogens with one attached hydrogen (secondary N) is 2. The minimum absolute atomic E-state index is 0.0202. The summed E-state index contributed by atoms with van der Waals surface area (Å²) in [6.45, 7) is 6.14. The fourth-order valence-electron chi connectivity index (χ4n) is 8.74. The number of nitrogens with zero attached hydrogens (tertiary/aromatic N) is 7. The molecule has 4 fully saturated rings. The number of imide groups is 1. The topological polar surface area (TPSA) is 184 Å². The van der Waals surface area contributed by atoms with Gasteiger partial charge in [-0.1, -0.05) is 11.6 Å². The van der Waals surface area contributed by atoms with Crippen molar-refractivity contribution in [1.82, 2.24) is 30.6 Å². The Morgan fingerprint density at radius 2 is 1.63 bits per heavy atom. The number of aliphatic hydroxyl groups excluding tert-OH is 1. The molecule has 57 heavy (non-hydrogen) atoms. The first-order valence-electron chi connectivity index (χ1n) is 19.9. The van der Waals surface area contributed by atoms with Crippen LogP contribution in [0, 0.1) is 17.2 Å². The first-order chi connectivity index (χ1) is 27.6.